The van der Waals surface area contributed by atoms with Crippen molar-refractivity contribution in [3.63, 3.8) is 0 Å². The SMILES string of the molecule is CC(C)(Cc1c(Sc2ccc(C(C)(C)C)cc2)c2cc(-c3ccccc3)ccc2n1Cc1ccc(Cl)cc1)C(=O)O. The van der Waals surface area contributed by atoms with Gasteiger partial charge in [-0.2, -0.15) is 0 Å². The van der Waals surface area contributed by atoms with Crippen LogP contribution < -0.4 is 0 Å². The van der Waals surface area contributed by atoms with E-state index in [2.05, 4.69) is 92.1 Å². The molecule has 0 aliphatic carbocycles. The first-order valence-corrected chi connectivity index (χ1v) is 15.1. The molecule has 0 bridgehead atoms. The fourth-order valence-electron chi connectivity index (χ4n) is 5.06. The zero-order valence-electron chi connectivity index (χ0n) is 24.2. The summed E-state index contributed by atoms with van der Waals surface area (Å²) in [4.78, 5) is 14.6. The highest BCUT2D eigenvalue weighted by molar-refractivity contribution is 7.99. The Kier molecular flexibility index (Phi) is 8.09. The number of hydrogen-bond donors (Lipinski definition) is 1. The molecular weight excluding hydrogens is 546 g/mol. The highest BCUT2D eigenvalue weighted by atomic mass is 35.5. The van der Waals surface area contributed by atoms with Gasteiger partial charge in [-0.25, -0.2) is 0 Å². The lowest BCUT2D eigenvalue weighted by atomic mass is 9.87. The van der Waals surface area contributed by atoms with Crippen molar-refractivity contribution in [3.05, 3.63) is 119 Å². The summed E-state index contributed by atoms with van der Waals surface area (Å²) in [6.07, 6.45) is 0.397. The van der Waals surface area contributed by atoms with E-state index < -0.39 is 11.4 Å². The van der Waals surface area contributed by atoms with E-state index in [9.17, 15) is 9.90 Å². The molecule has 4 aromatic carbocycles. The van der Waals surface area contributed by atoms with Crippen LogP contribution >= 0.6 is 23.4 Å². The fourth-order valence-corrected chi connectivity index (χ4v) is 6.27. The van der Waals surface area contributed by atoms with Gasteiger partial charge in [-0.05, 0) is 77.9 Å². The van der Waals surface area contributed by atoms with Gasteiger partial charge < -0.3 is 9.67 Å². The van der Waals surface area contributed by atoms with E-state index in [1.165, 1.54) is 5.56 Å². The van der Waals surface area contributed by atoms with Gasteiger partial charge in [0.2, 0.25) is 0 Å². The summed E-state index contributed by atoms with van der Waals surface area (Å²) in [5.41, 5.74) is 5.92. The van der Waals surface area contributed by atoms with Crippen LogP contribution in [0.4, 0.5) is 0 Å². The summed E-state index contributed by atoms with van der Waals surface area (Å²) in [7, 11) is 0. The molecule has 0 spiro atoms. The third-order valence-corrected chi connectivity index (χ3v) is 9.03. The maximum absolute atomic E-state index is 12.4. The van der Waals surface area contributed by atoms with E-state index in [0.29, 0.717) is 18.0 Å². The number of halogens is 1. The predicted molar refractivity (Wildman–Crippen MR) is 172 cm³/mol. The molecule has 1 N–H and O–H groups in total. The summed E-state index contributed by atoms with van der Waals surface area (Å²) in [6, 6.07) is 33.6. The first-order chi connectivity index (χ1) is 19.4. The lowest BCUT2D eigenvalue weighted by molar-refractivity contribution is -0.146. The number of aromatic nitrogens is 1. The molecule has 0 radical (unpaired) electrons. The number of rotatable bonds is 8. The van der Waals surface area contributed by atoms with E-state index in [-0.39, 0.29) is 5.41 Å². The Morgan fingerprint density at radius 2 is 1.49 bits per heavy atom. The fraction of sp³-hybridized carbons (Fsp3) is 0.250. The van der Waals surface area contributed by atoms with E-state index in [1.807, 2.05) is 44.2 Å². The van der Waals surface area contributed by atoms with Gasteiger partial charge in [0.25, 0.3) is 0 Å². The molecule has 0 fully saturated rings. The van der Waals surface area contributed by atoms with E-state index in [4.69, 9.17) is 11.6 Å². The second-order valence-electron chi connectivity index (χ2n) is 12.3. The van der Waals surface area contributed by atoms with E-state index in [0.717, 1.165) is 43.1 Å². The number of fused-ring (bicyclic) bond motifs is 1. The van der Waals surface area contributed by atoms with Crippen LogP contribution in [0.3, 0.4) is 0 Å². The van der Waals surface area contributed by atoms with Crippen LogP contribution in [0.2, 0.25) is 5.02 Å². The van der Waals surface area contributed by atoms with Crippen molar-refractivity contribution in [3.8, 4) is 11.1 Å². The molecule has 0 unspecified atom stereocenters. The number of carboxylic acid groups (broad SMARTS) is 1. The Labute approximate surface area is 252 Å². The van der Waals surface area contributed by atoms with Gasteiger partial charge in [0, 0.05) is 44.4 Å². The monoisotopic (exact) mass is 581 g/mol. The number of hydrogen-bond acceptors (Lipinski definition) is 2. The largest absolute Gasteiger partial charge is 0.481 e. The van der Waals surface area contributed by atoms with Crippen LogP contribution in [-0.2, 0) is 23.2 Å². The molecule has 0 saturated carbocycles. The van der Waals surface area contributed by atoms with E-state index >= 15 is 0 Å². The third kappa shape index (κ3) is 6.39. The van der Waals surface area contributed by atoms with Crippen molar-refractivity contribution in [2.75, 3.05) is 0 Å². The second-order valence-corrected chi connectivity index (χ2v) is 13.8. The van der Waals surface area contributed by atoms with Gasteiger partial charge in [-0.15, -0.1) is 0 Å². The van der Waals surface area contributed by atoms with Gasteiger partial charge in [-0.3, -0.25) is 4.79 Å². The molecule has 5 aromatic rings. The van der Waals surface area contributed by atoms with Crippen LogP contribution in [0.25, 0.3) is 22.0 Å². The molecule has 210 valence electrons. The number of benzene rings is 4. The van der Waals surface area contributed by atoms with Crippen molar-refractivity contribution in [2.45, 2.75) is 62.8 Å². The standard InChI is InChI=1S/C36H36ClNO2S/c1-35(2,3)27-14-18-29(19-15-27)41-33-30-21-26(25-9-7-6-8-10-25)13-20-31(30)38(23-24-11-16-28(37)17-12-24)32(33)22-36(4,5)34(39)40/h6-21H,22-23H2,1-5H3,(H,39,40). The summed E-state index contributed by atoms with van der Waals surface area (Å²) in [5, 5.41) is 12.0. The Hall–Kier alpha value is -3.47. The molecule has 1 heterocycles. The van der Waals surface area contributed by atoms with Crippen molar-refractivity contribution in [1.82, 2.24) is 4.57 Å². The van der Waals surface area contributed by atoms with E-state index in [1.54, 1.807) is 11.8 Å². The highest BCUT2D eigenvalue weighted by Crippen LogP contribution is 2.43. The maximum Gasteiger partial charge on any atom is 0.309 e. The number of aliphatic carboxylic acids is 1. The van der Waals surface area contributed by atoms with Gasteiger partial charge in [0.1, 0.15) is 0 Å². The Morgan fingerprint density at radius 3 is 2.10 bits per heavy atom. The minimum absolute atomic E-state index is 0.0685. The van der Waals surface area contributed by atoms with Crippen LogP contribution in [0.15, 0.2) is 107 Å². The first kappa shape index (κ1) is 29.0. The lowest BCUT2D eigenvalue weighted by Gasteiger charge is -2.22. The molecule has 0 saturated heterocycles. The molecule has 0 aliphatic heterocycles. The molecule has 41 heavy (non-hydrogen) atoms. The number of nitrogens with zero attached hydrogens (tertiary/aromatic N) is 1. The average molecular weight is 582 g/mol. The van der Waals surface area contributed by atoms with Crippen LogP contribution in [0.1, 0.15) is 51.4 Å². The minimum atomic E-state index is -0.945. The Balaban J connectivity index is 1.72. The summed E-state index contributed by atoms with van der Waals surface area (Å²) in [6.45, 7) is 10.9. The quantitative estimate of drug-likeness (QED) is 0.198. The molecule has 5 heteroatoms. The van der Waals surface area contributed by atoms with Crippen LogP contribution in [0, 0.1) is 5.41 Å². The Morgan fingerprint density at radius 1 is 0.829 bits per heavy atom. The second kappa shape index (κ2) is 11.4. The van der Waals surface area contributed by atoms with Crippen molar-refractivity contribution >= 4 is 40.2 Å². The predicted octanol–water partition coefficient (Wildman–Crippen LogP) is 10.1. The molecule has 5 rings (SSSR count). The van der Waals surface area contributed by atoms with Crippen LogP contribution in [-0.4, -0.2) is 15.6 Å². The average Bonchev–Trinajstić information content (AvgIpc) is 3.20. The molecule has 1 aromatic heterocycles. The zero-order chi connectivity index (χ0) is 29.4. The first-order valence-electron chi connectivity index (χ1n) is 13.9. The smallest absolute Gasteiger partial charge is 0.309 e. The highest BCUT2D eigenvalue weighted by Gasteiger charge is 2.32. The normalized spacial score (nSPS) is 12.1. The number of carboxylic acids is 1. The third-order valence-electron chi connectivity index (χ3n) is 7.61. The van der Waals surface area contributed by atoms with Crippen molar-refractivity contribution < 1.29 is 9.90 Å². The van der Waals surface area contributed by atoms with Crippen molar-refractivity contribution in [2.24, 2.45) is 5.41 Å². The van der Waals surface area contributed by atoms with Gasteiger partial charge in [-0.1, -0.05) is 105 Å². The Bertz CT molecular complexity index is 1680. The zero-order valence-corrected chi connectivity index (χ0v) is 25.8. The van der Waals surface area contributed by atoms with Gasteiger partial charge in [0.15, 0.2) is 0 Å². The molecule has 3 nitrogen and oxygen atoms in total. The molecule has 0 aliphatic rings. The molecular formula is C36H36ClNO2S. The van der Waals surface area contributed by atoms with Gasteiger partial charge >= 0.3 is 5.97 Å². The maximum atomic E-state index is 12.4. The lowest BCUT2D eigenvalue weighted by Crippen LogP contribution is -2.27. The number of carbonyl (C=O) groups is 1. The summed E-state index contributed by atoms with van der Waals surface area (Å²) >= 11 is 7.92. The molecule has 0 amide bonds. The molecule has 0 atom stereocenters. The van der Waals surface area contributed by atoms with Crippen molar-refractivity contribution in [1.29, 1.82) is 0 Å². The topological polar surface area (TPSA) is 42.2 Å². The summed E-state index contributed by atoms with van der Waals surface area (Å²) in [5.74, 6) is -0.809. The minimum Gasteiger partial charge on any atom is -0.481 e. The summed E-state index contributed by atoms with van der Waals surface area (Å²) < 4.78 is 2.30. The van der Waals surface area contributed by atoms with Gasteiger partial charge in [0.05, 0.1) is 5.41 Å². The van der Waals surface area contributed by atoms with Crippen LogP contribution in [0.5, 0.6) is 0 Å².